The van der Waals surface area contributed by atoms with E-state index in [9.17, 15) is 0 Å². The number of hydrogen-bond donors (Lipinski definition) is 0. The molecule has 10 rings (SSSR count). The predicted octanol–water partition coefficient (Wildman–Crippen LogP) is 13.3. The maximum atomic E-state index is 6.36. The number of benzene rings is 8. The van der Waals surface area contributed by atoms with E-state index >= 15 is 0 Å². The molecule has 0 aliphatic rings. The number of rotatable bonds is 3. The van der Waals surface area contributed by atoms with Gasteiger partial charge in [0.25, 0.3) is 0 Å². The Bertz CT molecular complexity index is 2740. The molecule has 0 amide bonds. The van der Waals surface area contributed by atoms with E-state index in [1.54, 1.807) is 0 Å². The third kappa shape index (κ3) is 3.74. The quantitative estimate of drug-likeness (QED) is 0.183. The molecule has 214 valence electrons. The van der Waals surface area contributed by atoms with Crippen LogP contribution in [-0.2, 0) is 0 Å². The second-order valence-electron chi connectivity index (χ2n) is 12.0. The minimum atomic E-state index is 0.927. The molecule has 0 aliphatic heterocycles. The molecule has 10 aromatic rings. The van der Waals surface area contributed by atoms with Crippen LogP contribution in [0, 0.1) is 0 Å². The molecule has 0 saturated heterocycles. The molecule has 8 aromatic carbocycles. The molecule has 0 aliphatic carbocycles. The van der Waals surface area contributed by atoms with E-state index in [1.165, 1.54) is 75.1 Å². The van der Waals surface area contributed by atoms with Gasteiger partial charge in [0.2, 0.25) is 0 Å². The van der Waals surface area contributed by atoms with Crippen molar-refractivity contribution in [2.24, 2.45) is 0 Å². The van der Waals surface area contributed by atoms with Crippen LogP contribution in [-0.4, -0.2) is 0 Å². The van der Waals surface area contributed by atoms with Crippen molar-refractivity contribution in [1.82, 2.24) is 0 Å². The molecular formula is C44H26OS. The van der Waals surface area contributed by atoms with Crippen LogP contribution in [0.3, 0.4) is 0 Å². The summed E-state index contributed by atoms with van der Waals surface area (Å²) in [5, 5.41) is 11.1. The minimum Gasteiger partial charge on any atom is -0.456 e. The lowest BCUT2D eigenvalue weighted by Gasteiger charge is -2.19. The van der Waals surface area contributed by atoms with E-state index in [1.807, 2.05) is 17.4 Å². The molecule has 0 atom stereocenters. The van der Waals surface area contributed by atoms with E-state index in [-0.39, 0.29) is 0 Å². The molecular weight excluding hydrogens is 577 g/mol. The highest BCUT2D eigenvalue weighted by Crippen LogP contribution is 2.52. The largest absolute Gasteiger partial charge is 0.456 e. The lowest BCUT2D eigenvalue weighted by Crippen LogP contribution is -1.91. The van der Waals surface area contributed by atoms with Gasteiger partial charge in [-0.3, -0.25) is 0 Å². The first kappa shape index (κ1) is 25.6. The molecule has 2 aromatic heterocycles. The Morgan fingerprint density at radius 2 is 0.957 bits per heavy atom. The normalized spacial score (nSPS) is 11.9. The van der Waals surface area contributed by atoms with Gasteiger partial charge >= 0.3 is 0 Å². The van der Waals surface area contributed by atoms with E-state index in [4.69, 9.17) is 4.42 Å². The summed E-state index contributed by atoms with van der Waals surface area (Å²) in [4.78, 5) is 1.28. The van der Waals surface area contributed by atoms with Crippen LogP contribution >= 0.6 is 11.3 Å². The van der Waals surface area contributed by atoms with Crippen LogP contribution in [0.25, 0.3) is 97.0 Å². The standard InChI is InChI=1S/C44H26OS/c1-2-13-28(14-3-1)44-43(37-25-36-31-16-10-11-21-38(31)45-39(36)26-40(37)46-44)42-34-19-8-6-17-32(34)41(33-18-7-9-20-35(33)42)30-23-22-27-12-4-5-15-29(27)24-30/h1-26H. The highest BCUT2D eigenvalue weighted by Gasteiger charge is 2.24. The van der Waals surface area contributed by atoms with Crippen LogP contribution in [0.15, 0.2) is 162 Å². The molecule has 0 spiro atoms. The van der Waals surface area contributed by atoms with Crippen molar-refractivity contribution in [1.29, 1.82) is 0 Å². The minimum absolute atomic E-state index is 0.927. The molecule has 0 radical (unpaired) electrons. The SMILES string of the molecule is c1ccc(-c2sc3cc4oc5ccccc5c4cc3c2-c2c3ccccc3c(-c3ccc4ccccc4c3)c3ccccc23)cc1. The first-order valence-electron chi connectivity index (χ1n) is 15.7. The van der Waals surface area contributed by atoms with Gasteiger partial charge in [0.15, 0.2) is 0 Å². The molecule has 0 saturated carbocycles. The molecule has 2 heterocycles. The van der Waals surface area contributed by atoms with E-state index in [2.05, 4.69) is 152 Å². The smallest absolute Gasteiger partial charge is 0.136 e. The van der Waals surface area contributed by atoms with Crippen LogP contribution in [0.1, 0.15) is 0 Å². The topological polar surface area (TPSA) is 13.1 Å². The predicted molar refractivity (Wildman–Crippen MR) is 198 cm³/mol. The van der Waals surface area contributed by atoms with Crippen molar-refractivity contribution >= 4 is 75.7 Å². The summed E-state index contributed by atoms with van der Waals surface area (Å²) in [6.45, 7) is 0. The zero-order valence-corrected chi connectivity index (χ0v) is 25.6. The fraction of sp³-hybridized carbons (Fsp3) is 0. The summed E-state index contributed by atoms with van der Waals surface area (Å²) in [6.07, 6.45) is 0. The third-order valence-electron chi connectivity index (χ3n) is 9.44. The fourth-order valence-electron chi connectivity index (χ4n) is 7.41. The Labute approximate surface area is 269 Å². The van der Waals surface area contributed by atoms with Gasteiger partial charge in [-0.2, -0.15) is 0 Å². The number of furan rings is 1. The maximum absolute atomic E-state index is 6.36. The fourth-order valence-corrected chi connectivity index (χ4v) is 8.64. The second-order valence-corrected chi connectivity index (χ2v) is 13.1. The molecule has 46 heavy (non-hydrogen) atoms. The van der Waals surface area contributed by atoms with E-state index in [0.717, 1.165) is 21.9 Å². The average molecular weight is 603 g/mol. The van der Waals surface area contributed by atoms with Crippen LogP contribution in [0.4, 0.5) is 0 Å². The Balaban J connectivity index is 1.38. The second kappa shape index (κ2) is 9.90. The van der Waals surface area contributed by atoms with Crippen molar-refractivity contribution in [3.63, 3.8) is 0 Å². The molecule has 0 N–H and O–H groups in total. The first-order chi connectivity index (χ1) is 22.8. The molecule has 0 fully saturated rings. The van der Waals surface area contributed by atoms with Gasteiger partial charge in [0.1, 0.15) is 11.2 Å². The highest BCUT2D eigenvalue weighted by molar-refractivity contribution is 7.23. The van der Waals surface area contributed by atoms with Gasteiger partial charge < -0.3 is 4.42 Å². The third-order valence-corrected chi connectivity index (χ3v) is 10.6. The summed E-state index contributed by atoms with van der Waals surface area (Å²) in [6, 6.07) is 57.3. The number of hydrogen-bond acceptors (Lipinski definition) is 2. The Morgan fingerprint density at radius 1 is 0.348 bits per heavy atom. The lowest BCUT2D eigenvalue weighted by molar-refractivity contribution is 0.669. The van der Waals surface area contributed by atoms with Crippen LogP contribution < -0.4 is 0 Å². The van der Waals surface area contributed by atoms with Gasteiger partial charge in [-0.1, -0.05) is 133 Å². The van der Waals surface area contributed by atoms with Crippen molar-refractivity contribution < 1.29 is 4.42 Å². The molecule has 0 unspecified atom stereocenters. The van der Waals surface area contributed by atoms with Crippen molar-refractivity contribution in [3.05, 3.63) is 158 Å². The maximum Gasteiger partial charge on any atom is 0.136 e. The summed E-state index contributed by atoms with van der Waals surface area (Å²) < 4.78 is 7.59. The molecule has 2 heteroatoms. The van der Waals surface area contributed by atoms with Gasteiger partial charge in [-0.15, -0.1) is 11.3 Å². The first-order valence-corrected chi connectivity index (χ1v) is 16.5. The van der Waals surface area contributed by atoms with Gasteiger partial charge in [-0.05, 0) is 78.8 Å². The Hall–Kier alpha value is -5.70. The van der Waals surface area contributed by atoms with Gasteiger partial charge in [0.05, 0.1) is 0 Å². The van der Waals surface area contributed by atoms with Crippen LogP contribution in [0.5, 0.6) is 0 Å². The monoisotopic (exact) mass is 602 g/mol. The highest BCUT2D eigenvalue weighted by atomic mass is 32.1. The average Bonchev–Trinajstić information content (AvgIpc) is 3.67. The number of thiophene rings is 1. The summed E-state index contributed by atoms with van der Waals surface area (Å²) in [5.74, 6) is 0. The summed E-state index contributed by atoms with van der Waals surface area (Å²) in [5.41, 5.74) is 8.18. The summed E-state index contributed by atoms with van der Waals surface area (Å²) >= 11 is 1.86. The van der Waals surface area contributed by atoms with Crippen molar-refractivity contribution in [2.45, 2.75) is 0 Å². The lowest BCUT2D eigenvalue weighted by atomic mass is 9.84. The number of fused-ring (bicyclic) bond motifs is 7. The Morgan fingerprint density at radius 3 is 1.70 bits per heavy atom. The van der Waals surface area contributed by atoms with E-state index < -0.39 is 0 Å². The van der Waals surface area contributed by atoms with Gasteiger partial charge in [-0.25, -0.2) is 0 Å². The zero-order chi connectivity index (χ0) is 30.2. The molecule has 0 bridgehead atoms. The van der Waals surface area contributed by atoms with Crippen LogP contribution in [0.2, 0.25) is 0 Å². The summed E-state index contributed by atoms with van der Waals surface area (Å²) in [7, 11) is 0. The van der Waals surface area contributed by atoms with Crippen molar-refractivity contribution in [3.8, 4) is 32.7 Å². The number of para-hydroxylation sites is 1. The van der Waals surface area contributed by atoms with E-state index in [0.29, 0.717) is 0 Å². The van der Waals surface area contributed by atoms with Gasteiger partial charge in [0, 0.05) is 31.3 Å². The Kier molecular flexibility index (Phi) is 5.51. The zero-order valence-electron chi connectivity index (χ0n) is 24.8. The van der Waals surface area contributed by atoms with Crippen molar-refractivity contribution in [2.75, 3.05) is 0 Å². The molecule has 1 nitrogen and oxygen atoms in total.